The highest BCUT2D eigenvalue weighted by Gasteiger charge is 2.34. The predicted molar refractivity (Wildman–Crippen MR) is 116 cm³/mol. The molecule has 2 aromatic carbocycles. The quantitative estimate of drug-likeness (QED) is 0.711. The number of hydrogen-bond acceptors (Lipinski definition) is 5. The van der Waals surface area contributed by atoms with Gasteiger partial charge in [0, 0.05) is 6.54 Å². The summed E-state index contributed by atoms with van der Waals surface area (Å²) in [5.41, 5.74) is 2.70. The molecule has 28 heavy (non-hydrogen) atoms. The average molecular weight is 397 g/mol. The van der Waals surface area contributed by atoms with Gasteiger partial charge in [-0.05, 0) is 66.6 Å². The molecule has 6 heteroatoms. The number of rotatable bonds is 7. The van der Waals surface area contributed by atoms with Gasteiger partial charge in [0.1, 0.15) is 12.4 Å². The number of amidine groups is 1. The van der Waals surface area contributed by atoms with Crippen LogP contribution in [0, 0.1) is 6.92 Å². The molecule has 0 aliphatic carbocycles. The number of para-hydroxylation sites is 1. The minimum absolute atomic E-state index is 0.0222. The molecule has 1 aliphatic heterocycles. The standard InChI is InChI=1S/C22H24N2O3S/c1-3-11-23-22-24(18-7-5-4-6-8-18)21(26)20(28-22)15-17-9-10-19(16(2)14-17)27-13-12-25/h4-10,14-15,25H,3,11-13H2,1-2H3/b20-15-,23-22?. The molecule has 0 saturated carbocycles. The van der Waals surface area contributed by atoms with Crippen LogP contribution in [0.15, 0.2) is 58.4 Å². The number of ether oxygens (including phenoxy) is 1. The Morgan fingerprint density at radius 3 is 2.68 bits per heavy atom. The molecular weight excluding hydrogens is 372 g/mol. The monoisotopic (exact) mass is 396 g/mol. The Kier molecular flexibility index (Phi) is 6.90. The fourth-order valence-corrected chi connectivity index (χ4v) is 3.83. The topological polar surface area (TPSA) is 62.1 Å². The molecule has 1 amide bonds. The molecule has 3 rings (SSSR count). The number of hydrogen-bond donors (Lipinski definition) is 1. The van der Waals surface area contributed by atoms with Crippen molar-refractivity contribution >= 4 is 34.6 Å². The van der Waals surface area contributed by atoms with Crippen LogP contribution in [0.2, 0.25) is 0 Å². The van der Waals surface area contributed by atoms with Gasteiger partial charge in [-0.3, -0.25) is 14.7 Å². The van der Waals surface area contributed by atoms with Crippen molar-refractivity contribution in [2.75, 3.05) is 24.7 Å². The van der Waals surface area contributed by atoms with Crippen LogP contribution < -0.4 is 9.64 Å². The van der Waals surface area contributed by atoms with Crippen LogP contribution in [0.25, 0.3) is 6.08 Å². The van der Waals surface area contributed by atoms with Crippen LogP contribution in [0.3, 0.4) is 0 Å². The fraction of sp³-hybridized carbons (Fsp3) is 0.273. The maximum absolute atomic E-state index is 13.1. The highest BCUT2D eigenvalue weighted by Crippen LogP contribution is 2.36. The molecule has 0 atom stereocenters. The molecule has 0 spiro atoms. The molecular formula is C22H24N2O3S. The van der Waals surface area contributed by atoms with Gasteiger partial charge >= 0.3 is 0 Å². The van der Waals surface area contributed by atoms with E-state index in [4.69, 9.17) is 9.84 Å². The van der Waals surface area contributed by atoms with Gasteiger partial charge in [-0.15, -0.1) is 0 Å². The molecule has 0 aromatic heterocycles. The fourth-order valence-electron chi connectivity index (χ4n) is 2.82. The lowest BCUT2D eigenvalue weighted by molar-refractivity contribution is -0.113. The molecule has 1 fully saturated rings. The lowest BCUT2D eigenvalue weighted by Gasteiger charge is -2.15. The van der Waals surface area contributed by atoms with Gasteiger partial charge < -0.3 is 9.84 Å². The van der Waals surface area contributed by atoms with Crippen molar-refractivity contribution in [3.8, 4) is 5.75 Å². The molecule has 1 saturated heterocycles. The molecule has 0 unspecified atom stereocenters. The van der Waals surface area contributed by atoms with E-state index in [9.17, 15) is 4.79 Å². The van der Waals surface area contributed by atoms with E-state index in [0.29, 0.717) is 16.6 Å². The Morgan fingerprint density at radius 1 is 1.21 bits per heavy atom. The van der Waals surface area contributed by atoms with Crippen LogP contribution in [0.1, 0.15) is 24.5 Å². The number of carbonyl (C=O) groups is 1. The lowest BCUT2D eigenvalue weighted by Crippen LogP contribution is -2.28. The van der Waals surface area contributed by atoms with E-state index >= 15 is 0 Å². The third-order valence-corrected chi connectivity index (χ3v) is 5.14. The molecule has 0 bridgehead atoms. The number of aliphatic hydroxyl groups is 1. The SMILES string of the molecule is CCCN=C1S/C(=C\c2ccc(OCCO)c(C)c2)C(=O)N1c1ccccc1. The largest absolute Gasteiger partial charge is 0.491 e. The van der Waals surface area contributed by atoms with Crippen molar-refractivity contribution in [1.29, 1.82) is 0 Å². The maximum atomic E-state index is 13.1. The Hall–Kier alpha value is -2.57. The number of aryl methyl sites for hydroxylation is 1. The van der Waals surface area contributed by atoms with Crippen molar-refractivity contribution in [3.05, 3.63) is 64.6 Å². The number of thioether (sulfide) groups is 1. The van der Waals surface area contributed by atoms with Crippen molar-refractivity contribution in [2.24, 2.45) is 4.99 Å². The van der Waals surface area contributed by atoms with Crippen molar-refractivity contribution < 1.29 is 14.6 Å². The second-order valence-corrected chi connectivity index (χ2v) is 7.36. The number of aliphatic hydroxyl groups excluding tert-OH is 1. The first kappa shape index (κ1) is 20.2. The number of amides is 1. The van der Waals surface area contributed by atoms with Crippen molar-refractivity contribution in [2.45, 2.75) is 20.3 Å². The van der Waals surface area contributed by atoms with E-state index < -0.39 is 0 Å². The number of benzene rings is 2. The Balaban J connectivity index is 1.90. The summed E-state index contributed by atoms with van der Waals surface area (Å²) in [6.45, 7) is 4.94. The zero-order chi connectivity index (χ0) is 19.9. The first-order valence-corrected chi connectivity index (χ1v) is 10.1. The highest BCUT2D eigenvalue weighted by molar-refractivity contribution is 8.19. The van der Waals surface area contributed by atoms with E-state index in [2.05, 4.69) is 11.9 Å². The summed E-state index contributed by atoms with van der Waals surface area (Å²) in [6, 6.07) is 15.3. The summed E-state index contributed by atoms with van der Waals surface area (Å²) in [5.74, 6) is 0.669. The van der Waals surface area contributed by atoms with Crippen LogP contribution in [0.5, 0.6) is 5.75 Å². The van der Waals surface area contributed by atoms with Crippen molar-refractivity contribution in [3.63, 3.8) is 0 Å². The summed E-state index contributed by atoms with van der Waals surface area (Å²) in [5, 5.41) is 9.62. The Bertz CT molecular complexity index is 894. The normalized spacial score (nSPS) is 17.0. The molecule has 1 N–H and O–H groups in total. The van der Waals surface area contributed by atoms with Gasteiger partial charge in [0.15, 0.2) is 5.17 Å². The summed E-state index contributed by atoms with van der Waals surface area (Å²) >= 11 is 1.40. The third kappa shape index (κ3) is 4.64. The molecule has 0 radical (unpaired) electrons. The van der Waals surface area contributed by atoms with Crippen LogP contribution >= 0.6 is 11.8 Å². The lowest BCUT2D eigenvalue weighted by atomic mass is 10.1. The summed E-state index contributed by atoms with van der Waals surface area (Å²) in [6.07, 6.45) is 2.81. The predicted octanol–water partition coefficient (Wildman–Crippen LogP) is 4.25. The minimum atomic E-state index is -0.0655. The summed E-state index contributed by atoms with van der Waals surface area (Å²) < 4.78 is 5.50. The second kappa shape index (κ2) is 9.57. The van der Waals surface area contributed by atoms with Crippen LogP contribution in [-0.4, -0.2) is 35.9 Å². The van der Waals surface area contributed by atoms with Gasteiger partial charge in [0.2, 0.25) is 0 Å². The van der Waals surface area contributed by atoms with E-state index in [1.807, 2.05) is 61.5 Å². The van der Waals surface area contributed by atoms with Gasteiger partial charge in [0.05, 0.1) is 17.2 Å². The first-order chi connectivity index (χ1) is 13.6. The average Bonchev–Trinajstić information content (AvgIpc) is 3.01. The highest BCUT2D eigenvalue weighted by atomic mass is 32.2. The zero-order valence-corrected chi connectivity index (χ0v) is 16.9. The van der Waals surface area contributed by atoms with Gasteiger partial charge in [0.25, 0.3) is 5.91 Å². The van der Waals surface area contributed by atoms with Gasteiger partial charge in [-0.1, -0.05) is 31.2 Å². The summed E-state index contributed by atoms with van der Waals surface area (Å²) in [7, 11) is 0. The number of nitrogens with zero attached hydrogens (tertiary/aromatic N) is 2. The van der Waals surface area contributed by atoms with Gasteiger partial charge in [-0.25, -0.2) is 0 Å². The van der Waals surface area contributed by atoms with E-state index in [0.717, 1.165) is 29.0 Å². The van der Waals surface area contributed by atoms with E-state index in [-0.39, 0.29) is 19.1 Å². The number of carbonyl (C=O) groups excluding carboxylic acids is 1. The smallest absolute Gasteiger partial charge is 0.271 e. The van der Waals surface area contributed by atoms with Crippen LogP contribution in [-0.2, 0) is 4.79 Å². The zero-order valence-electron chi connectivity index (χ0n) is 16.1. The van der Waals surface area contributed by atoms with Crippen molar-refractivity contribution in [1.82, 2.24) is 0 Å². The molecule has 2 aromatic rings. The van der Waals surface area contributed by atoms with Gasteiger partial charge in [-0.2, -0.15) is 0 Å². The third-order valence-electron chi connectivity index (χ3n) is 4.14. The molecule has 146 valence electrons. The van der Waals surface area contributed by atoms with Crippen LogP contribution in [0.4, 0.5) is 5.69 Å². The Labute approximate surface area is 169 Å². The Morgan fingerprint density at radius 2 is 2.00 bits per heavy atom. The molecule has 1 aliphatic rings. The first-order valence-electron chi connectivity index (χ1n) is 9.32. The van der Waals surface area contributed by atoms with E-state index in [1.54, 1.807) is 4.90 Å². The minimum Gasteiger partial charge on any atom is -0.491 e. The molecule has 5 nitrogen and oxygen atoms in total. The second-order valence-electron chi connectivity index (χ2n) is 6.35. The number of aliphatic imine (C=N–C) groups is 1. The van der Waals surface area contributed by atoms with E-state index in [1.165, 1.54) is 11.8 Å². The molecule has 1 heterocycles. The summed E-state index contributed by atoms with van der Waals surface area (Å²) in [4.78, 5) is 20.0. The maximum Gasteiger partial charge on any atom is 0.271 e. The number of anilines is 1.